The maximum absolute atomic E-state index is 13.0. The van der Waals surface area contributed by atoms with Crippen LogP contribution in [0.2, 0.25) is 0 Å². The third-order valence-electron chi connectivity index (χ3n) is 15.5. The van der Waals surface area contributed by atoms with Gasteiger partial charge in [0.05, 0.1) is 108 Å². The predicted molar refractivity (Wildman–Crippen MR) is 340 cm³/mol. The summed E-state index contributed by atoms with van der Waals surface area (Å²) in [6, 6.07) is 17.2. The summed E-state index contributed by atoms with van der Waals surface area (Å²) in [4.78, 5) is 47.9. The molecular weight excluding hydrogens is 1170 g/mol. The van der Waals surface area contributed by atoms with Crippen molar-refractivity contribution in [2.24, 2.45) is 13.1 Å². The molecule has 24 nitrogen and oxygen atoms in total. The van der Waals surface area contributed by atoms with Gasteiger partial charge in [-0.25, -0.2) is 57.5 Å². The molecule has 1 unspecified atom stereocenters. The minimum atomic E-state index is -2.32. The molecule has 3 saturated carbocycles. The van der Waals surface area contributed by atoms with Crippen LogP contribution in [0, 0.1) is 20.8 Å². The van der Waals surface area contributed by atoms with E-state index in [1.54, 1.807) is 40.1 Å². The maximum Gasteiger partial charge on any atom is 0.213 e. The Kier molecular flexibility index (Phi) is 19.6. The van der Waals surface area contributed by atoms with Crippen molar-refractivity contribution in [3.8, 4) is 51.8 Å². The first-order chi connectivity index (χ1) is 41.6. The topological polar surface area (TPSA) is 269 Å². The van der Waals surface area contributed by atoms with E-state index in [1.807, 2.05) is 75.4 Å². The van der Waals surface area contributed by atoms with Gasteiger partial charge >= 0.3 is 0 Å². The number of morpholine rings is 3. The predicted octanol–water partition coefficient (Wildman–Crippen LogP) is 8.92. The van der Waals surface area contributed by atoms with Gasteiger partial charge in [0.25, 0.3) is 0 Å². The van der Waals surface area contributed by atoms with Crippen molar-refractivity contribution in [1.29, 1.82) is 0 Å². The Morgan fingerprint density at radius 1 is 0.414 bits per heavy atom. The van der Waals surface area contributed by atoms with E-state index in [1.165, 1.54) is 0 Å². The van der Waals surface area contributed by atoms with E-state index >= 15 is 0 Å². The summed E-state index contributed by atoms with van der Waals surface area (Å²) in [6.07, 6.45) is 11.0. The first-order valence-corrected chi connectivity index (χ1v) is 35.5. The Bertz CT molecular complexity index is 3480. The average molecular weight is 1250 g/mol. The van der Waals surface area contributed by atoms with Crippen molar-refractivity contribution in [3.63, 3.8) is 0 Å². The molecule has 6 aliphatic rings. The quantitative estimate of drug-likeness (QED) is 0.0928. The van der Waals surface area contributed by atoms with Crippen LogP contribution in [0.1, 0.15) is 76.4 Å². The van der Waals surface area contributed by atoms with Gasteiger partial charge in [-0.15, -0.1) is 0 Å². The fourth-order valence-corrected chi connectivity index (χ4v) is 15.2. The normalized spacial score (nSPS) is 21.5. The molecule has 6 fully saturated rings. The zero-order valence-corrected chi connectivity index (χ0v) is 54.3. The largest absolute Gasteiger partial charge is 0.481 e. The van der Waals surface area contributed by atoms with E-state index < -0.39 is 29.2 Å². The number of pyridine rings is 3. The van der Waals surface area contributed by atoms with Gasteiger partial charge in [0.15, 0.2) is 34.9 Å². The molecule has 0 spiro atoms. The molecule has 87 heavy (non-hydrogen) atoms. The molecule has 3 saturated heterocycles. The molecule has 9 heterocycles. The Morgan fingerprint density at radius 3 is 0.908 bits per heavy atom. The van der Waals surface area contributed by atoms with Crippen LogP contribution in [0.15, 0.2) is 67.7 Å². The zero-order valence-electron chi connectivity index (χ0n) is 51.9. The molecule has 468 valence electrons. The Labute approximate surface area is 512 Å². The van der Waals surface area contributed by atoms with Gasteiger partial charge in [-0.05, 0) is 98.3 Å². The lowest BCUT2D eigenvalue weighted by Gasteiger charge is -2.34. The number of aromatic nitrogens is 9. The van der Waals surface area contributed by atoms with Crippen molar-refractivity contribution in [1.82, 2.24) is 44.9 Å². The van der Waals surface area contributed by atoms with Crippen LogP contribution >= 0.6 is 0 Å². The second-order valence-electron chi connectivity index (χ2n) is 23.1. The molecule has 27 heteroatoms. The van der Waals surface area contributed by atoms with Gasteiger partial charge < -0.3 is 43.1 Å². The zero-order chi connectivity index (χ0) is 61.8. The Hall–Kier alpha value is -6.78. The number of anilines is 3. The summed E-state index contributed by atoms with van der Waals surface area (Å²) in [5.41, 5.74) is 4.81. The van der Waals surface area contributed by atoms with E-state index in [-0.39, 0.29) is 33.9 Å². The summed E-state index contributed by atoms with van der Waals surface area (Å²) < 4.78 is 85.2. The summed E-state index contributed by atoms with van der Waals surface area (Å²) >= 11 is 0. The van der Waals surface area contributed by atoms with Crippen molar-refractivity contribution < 1.29 is 41.0 Å². The van der Waals surface area contributed by atoms with Gasteiger partial charge in [-0.3, -0.25) is 0 Å². The van der Waals surface area contributed by atoms with E-state index in [9.17, 15) is 12.6 Å². The molecule has 12 rings (SSSR count). The van der Waals surface area contributed by atoms with Crippen LogP contribution in [0.5, 0.6) is 17.6 Å². The van der Waals surface area contributed by atoms with Crippen LogP contribution < -0.4 is 28.9 Å². The van der Waals surface area contributed by atoms with Crippen LogP contribution in [0.3, 0.4) is 0 Å². The van der Waals surface area contributed by atoms with E-state index in [0.29, 0.717) is 92.2 Å². The van der Waals surface area contributed by atoms with Gasteiger partial charge in [0, 0.05) is 124 Å². The molecule has 6 aromatic heterocycles. The highest BCUT2D eigenvalue weighted by molar-refractivity contribution is 7.94. The lowest BCUT2D eigenvalue weighted by Crippen LogP contribution is -2.44. The Morgan fingerprint density at radius 2 is 0.678 bits per heavy atom. The maximum atomic E-state index is 13.0. The van der Waals surface area contributed by atoms with Gasteiger partial charge in [0.2, 0.25) is 17.6 Å². The molecule has 6 atom stereocenters. The second kappa shape index (κ2) is 26.9. The number of aryl methyl sites for hydroxylation is 3. The van der Waals surface area contributed by atoms with Crippen LogP contribution in [0.4, 0.5) is 34.9 Å². The standard InChI is InChI=1S/3C20H27N5O3S/c3*1-13-9-15(10-19(21-13)27-3)20-22-17(24-29(4,26)16-5-6-16)11-18(23-20)25-7-8-28-12-14(25)2/h3*9-11,14,16H,5-8,12H2,1-4H3/t14-,29?;14-,29+;14-,29-/m111/s1. The lowest BCUT2D eigenvalue weighted by molar-refractivity contribution is 0.0985. The second-order valence-corrected chi connectivity index (χ2v) is 30.9. The summed E-state index contributed by atoms with van der Waals surface area (Å²) in [7, 11) is -2.20. The van der Waals surface area contributed by atoms with E-state index in [0.717, 1.165) is 109 Å². The van der Waals surface area contributed by atoms with E-state index in [4.69, 9.17) is 43.4 Å². The van der Waals surface area contributed by atoms with Gasteiger partial charge in [-0.2, -0.15) is 13.1 Å². The van der Waals surface area contributed by atoms with Crippen molar-refractivity contribution in [2.45, 2.75) is 114 Å². The number of methoxy groups -OCH3 is 3. The highest BCUT2D eigenvalue weighted by Gasteiger charge is 2.34. The van der Waals surface area contributed by atoms with Crippen molar-refractivity contribution >= 4 is 64.1 Å². The number of rotatable bonds is 15. The number of hydrogen-bond donors (Lipinski definition) is 0. The minimum Gasteiger partial charge on any atom is -0.481 e. The van der Waals surface area contributed by atoms with Crippen LogP contribution in [0.25, 0.3) is 34.2 Å². The fraction of sp³-hybridized carbons (Fsp3) is 0.550. The van der Waals surface area contributed by atoms with E-state index in [2.05, 4.69) is 78.5 Å². The average Bonchev–Trinajstić information content (AvgIpc) is 2.01. The fourth-order valence-electron chi connectivity index (χ4n) is 10.3. The summed E-state index contributed by atoms with van der Waals surface area (Å²) in [6.45, 7) is 18.1. The molecule has 6 aromatic rings. The number of hydrogen-bond acceptors (Lipinski definition) is 24. The molecule has 0 aromatic carbocycles. The highest BCUT2D eigenvalue weighted by Crippen LogP contribution is 2.37. The SMILES string of the molecule is COc1cc(-c2nc(N=S(C)(=O)C3CC3)cc(N3CCOC[C@H]3C)n2)cc(C)n1.COc1cc(-c2nc(N=[S@@](C)(=O)C3CC3)cc(N3CCOC[C@H]3C)n2)cc(C)n1.COc1cc(-c2nc(N=[S@](C)(=O)C3CC3)cc(N3CCOC[C@H]3C)n2)cc(C)n1. The first-order valence-electron chi connectivity index (χ1n) is 29.5. The van der Waals surface area contributed by atoms with Crippen molar-refractivity contribution in [3.05, 3.63) is 71.7 Å². The van der Waals surface area contributed by atoms with Gasteiger partial charge in [0.1, 0.15) is 17.5 Å². The van der Waals surface area contributed by atoms with Crippen molar-refractivity contribution in [2.75, 3.05) is 114 Å². The third kappa shape index (κ3) is 16.3. The molecule has 0 radical (unpaired) electrons. The van der Waals surface area contributed by atoms with Crippen LogP contribution in [-0.2, 0) is 43.4 Å². The monoisotopic (exact) mass is 1250 g/mol. The number of nitrogens with zero attached hydrogens (tertiary/aromatic N) is 15. The molecular formula is C60H81N15O9S3. The minimum absolute atomic E-state index is 0.162. The first kappa shape index (κ1) is 63.2. The molecule has 0 bridgehead atoms. The van der Waals surface area contributed by atoms with Crippen LogP contribution in [-0.4, -0.2) is 191 Å². The number of ether oxygens (including phenoxy) is 6. The molecule has 0 N–H and O–H groups in total. The summed E-state index contributed by atoms with van der Waals surface area (Å²) in [5, 5.41) is 0.486. The highest BCUT2D eigenvalue weighted by atomic mass is 32.2. The third-order valence-corrected chi connectivity index (χ3v) is 22.3. The summed E-state index contributed by atoms with van der Waals surface area (Å²) in [5.74, 6) is 6.75. The van der Waals surface area contributed by atoms with Gasteiger partial charge in [-0.1, -0.05) is 0 Å². The lowest BCUT2D eigenvalue weighted by atomic mass is 10.2. The Balaban J connectivity index is 0.000000144. The molecule has 0 amide bonds. The molecule has 3 aliphatic carbocycles. The molecule has 3 aliphatic heterocycles. The smallest absolute Gasteiger partial charge is 0.213 e.